The first-order valence-corrected chi connectivity index (χ1v) is 8.93. The van der Waals surface area contributed by atoms with Gasteiger partial charge in [-0.15, -0.1) is 6.42 Å². The number of hydrogen-bond acceptors (Lipinski definition) is 5. The number of non-ortho nitro benzene ring substituents is 1. The van der Waals surface area contributed by atoms with Gasteiger partial charge in [-0.3, -0.25) is 15.0 Å². The van der Waals surface area contributed by atoms with Crippen LogP contribution in [0.25, 0.3) is 0 Å². The van der Waals surface area contributed by atoms with Gasteiger partial charge in [-0.2, -0.15) is 0 Å². The number of benzene rings is 2. The van der Waals surface area contributed by atoms with E-state index < -0.39 is 0 Å². The van der Waals surface area contributed by atoms with Crippen LogP contribution in [0.15, 0.2) is 36.4 Å². The van der Waals surface area contributed by atoms with Gasteiger partial charge in [0.2, 0.25) is 0 Å². The minimum absolute atomic E-state index is 0.0466. The van der Waals surface area contributed by atoms with Crippen LogP contribution in [0, 0.1) is 22.5 Å². The number of fused-ring (bicyclic) bond motifs is 2. The summed E-state index contributed by atoms with van der Waals surface area (Å²) in [6.45, 7) is 1.42. The van der Waals surface area contributed by atoms with Crippen LogP contribution in [0.4, 0.5) is 5.69 Å². The van der Waals surface area contributed by atoms with E-state index in [9.17, 15) is 10.1 Å². The maximum Gasteiger partial charge on any atom is 0.270 e. The highest BCUT2D eigenvalue weighted by molar-refractivity contribution is 5.50. The molecule has 0 bridgehead atoms. The van der Waals surface area contributed by atoms with E-state index in [0.29, 0.717) is 31.0 Å². The van der Waals surface area contributed by atoms with Gasteiger partial charge in [-0.05, 0) is 24.0 Å². The first-order valence-electron chi connectivity index (χ1n) is 8.93. The molecule has 0 radical (unpaired) electrons. The second-order valence-electron chi connectivity index (χ2n) is 6.82. The lowest BCUT2D eigenvalue weighted by atomic mass is 10.0. The topological polar surface area (TPSA) is 64.8 Å². The second kappa shape index (κ2) is 7.39. The Hall–Kier alpha value is -2.88. The fraction of sp³-hybridized carbons (Fsp3) is 0.333. The van der Waals surface area contributed by atoms with E-state index in [1.165, 1.54) is 17.2 Å². The smallest absolute Gasteiger partial charge is 0.270 e. The van der Waals surface area contributed by atoms with Crippen LogP contribution in [0.5, 0.6) is 5.75 Å². The van der Waals surface area contributed by atoms with E-state index in [-0.39, 0.29) is 23.4 Å². The van der Waals surface area contributed by atoms with Gasteiger partial charge in [-0.1, -0.05) is 30.2 Å². The number of nitro benzene ring substituents is 1. The van der Waals surface area contributed by atoms with Crippen molar-refractivity contribution in [3.8, 4) is 18.1 Å². The molecule has 2 aromatic carbocycles. The molecule has 6 nitrogen and oxygen atoms in total. The molecule has 0 aromatic heterocycles. The maximum absolute atomic E-state index is 11.3. The molecule has 4 rings (SSSR count). The first kappa shape index (κ1) is 17.5. The van der Waals surface area contributed by atoms with Gasteiger partial charge in [-0.25, -0.2) is 0 Å². The molecular weight excluding hydrogens is 344 g/mol. The fourth-order valence-corrected chi connectivity index (χ4v) is 4.03. The van der Waals surface area contributed by atoms with Crippen LogP contribution < -0.4 is 4.74 Å². The van der Waals surface area contributed by atoms with Crippen LogP contribution in [-0.2, 0) is 24.3 Å². The van der Waals surface area contributed by atoms with Crippen molar-refractivity contribution in [1.82, 2.24) is 4.90 Å². The number of hydrogen-bond donors (Lipinski definition) is 0. The van der Waals surface area contributed by atoms with Crippen LogP contribution in [-0.4, -0.2) is 23.2 Å². The quantitative estimate of drug-likeness (QED) is 0.461. The lowest BCUT2D eigenvalue weighted by Crippen LogP contribution is -2.28. The molecule has 0 spiro atoms. The minimum Gasteiger partial charge on any atom is -0.467 e. The van der Waals surface area contributed by atoms with E-state index in [4.69, 9.17) is 15.9 Å². The van der Waals surface area contributed by atoms with Crippen LogP contribution in [0.1, 0.15) is 34.7 Å². The molecule has 0 saturated carbocycles. The summed E-state index contributed by atoms with van der Waals surface area (Å²) in [5.41, 5.74) is 4.16. The Labute approximate surface area is 157 Å². The van der Waals surface area contributed by atoms with Gasteiger partial charge in [0, 0.05) is 35.8 Å². The molecule has 0 saturated heterocycles. The van der Waals surface area contributed by atoms with Crippen LogP contribution >= 0.6 is 0 Å². The van der Waals surface area contributed by atoms with Gasteiger partial charge in [0.15, 0.2) is 6.79 Å². The molecule has 27 heavy (non-hydrogen) atoms. The molecule has 0 amide bonds. The van der Waals surface area contributed by atoms with Crippen molar-refractivity contribution in [3.63, 3.8) is 0 Å². The molecule has 1 aliphatic heterocycles. The molecule has 2 aromatic rings. The van der Waals surface area contributed by atoms with Crippen molar-refractivity contribution >= 4 is 5.69 Å². The molecule has 0 fully saturated rings. The van der Waals surface area contributed by atoms with Crippen molar-refractivity contribution in [2.24, 2.45) is 0 Å². The van der Waals surface area contributed by atoms with E-state index in [1.807, 2.05) is 6.07 Å². The number of nitrogens with zero attached hydrogens (tertiary/aromatic N) is 2. The molecule has 138 valence electrons. The largest absolute Gasteiger partial charge is 0.467 e. The highest BCUT2D eigenvalue weighted by Gasteiger charge is 2.29. The summed E-state index contributed by atoms with van der Waals surface area (Å²) in [5, 5.41) is 11.3. The Balaban J connectivity index is 1.70. The van der Waals surface area contributed by atoms with Gasteiger partial charge < -0.3 is 9.47 Å². The van der Waals surface area contributed by atoms with Crippen molar-refractivity contribution < 1.29 is 14.4 Å². The summed E-state index contributed by atoms with van der Waals surface area (Å²) in [6.07, 6.45) is 7.64. The second-order valence-corrected chi connectivity index (χ2v) is 6.82. The lowest BCUT2D eigenvalue weighted by Gasteiger charge is -2.29. The standard InChI is InChI=1S/C21H20N2O4/c1-2-9-22(20-8-7-15-5-3-4-6-19(15)20)12-16-10-18(23(24)25)11-17-13-26-14-27-21(16)17/h1,3-6,10-11,20H,7-9,12-14H2/t20-/m1/s1. The van der Waals surface area contributed by atoms with E-state index in [0.717, 1.165) is 18.4 Å². The number of nitro groups is 1. The zero-order chi connectivity index (χ0) is 18.8. The maximum atomic E-state index is 11.3. The van der Waals surface area contributed by atoms with E-state index in [1.54, 1.807) is 6.07 Å². The number of rotatable bonds is 5. The fourth-order valence-electron chi connectivity index (χ4n) is 4.03. The minimum atomic E-state index is -0.380. The van der Waals surface area contributed by atoms with Gasteiger partial charge in [0.1, 0.15) is 5.75 Å². The zero-order valence-corrected chi connectivity index (χ0v) is 14.9. The molecule has 1 atom stereocenters. The molecule has 1 aliphatic carbocycles. The summed E-state index contributed by atoms with van der Waals surface area (Å²) >= 11 is 0. The molecule has 1 heterocycles. The SMILES string of the molecule is C#CCN(Cc1cc([N+](=O)[O-])cc2c1OCOC2)[C@@H]1CCc2ccccc21. The van der Waals surface area contributed by atoms with Crippen molar-refractivity contribution in [1.29, 1.82) is 0 Å². The monoisotopic (exact) mass is 364 g/mol. The number of aryl methyl sites for hydroxylation is 1. The summed E-state index contributed by atoms with van der Waals surface area (Å²) in [5.74, 6) is 3.42. The Morgan fingerprint density at radius 3 is 2.96 bits per heavy atom. The van der Waals surface area contributed by atoms with Crippen LogP contribution in [0.3, 0.4) is 0 Å². The Morgan fingerprint density at radius 1 is 1.30 bits per heavy atom. The number of terminal acetylenes is 1. The highest BCUT2D eigenvalue weighted by atomic mass is 16.7. The Morgan fingerprint density at radius 2 is 2.15 bits per heavy atom. The molecular formula is C21H20N2O4. The molecule has 0 N–H and O–H groups in total. The Bertz CT molecular complexity index is 919. The lowest BCUT2D eigenvalue weighted by molar-refractivity contribution is -0.385. The van der Waals surface area contributed by atoms with Crippen molar-refractivity contribution in [3.05, 3.63) is 68.8 Å². The summed E-state index contributed by atoms with van der Waals surface area (Å²) < 4.78 is 11.0. The van der Waals surface area contributed by atoms with Gasteiger partial charge in [0.05, 0.1) is 18.1 Å². The predicted molar refractivity (Wildman–Crippen MR) is 100 cm³/mol. The third kappa shape index (κ3) is 3.39. The summed E-state index contributed by atoms with van der Waals surface area (Å²) in [7, 11) is 0. The predicted octanol–water partition coefficient (Wildman–Crippen LogP) is 3.58. The molecule has 6 heteroatoms. The highest BCUT2D eigenvalue weighted by Crippen LogP contribution is 2.39. The normalized spacial score (nSPS) is 17.7. The van der Waals surface area contributed by atoms with E-state index >= 15 is 0 Å². The molecule has 0 unspecified atom stereocenters. The zero-order valence-electron chi connectivity index (χ0n) is 14.9. The number of ether oxygens (including phenoxy) is 2. The van der Waals surface area contributed by atoms with Crippen molar-refractivity contribution in [2.75, 3.05) is 13.3 Å². The van der Waals surface area contributed by atoms with Gasteiger partial charge in [0.25, 0.3) is 5.69 Å². The van der Waals surface area contributed by atoms with Crippen molar-refractivity contribution in [2.45, 2.75) is 32.0 Å². The summed E-state index contributed by atoms with van der Waals surface area (Å²) in [4.78, 5) is 13.2. The van der Waals surface area contributed by atoms with E-state index in [2.05, 4.69) is 29.0 Å². The third-order valence-corrected chi connectivity index (χ3v) is 5.19. The third-order valence-electron chi connectivity index (χ3n) is 5.19. The molecule has 2 aliphatic rings. The Kier molecular flexibility index (Phi) is 4.80. The average molecular weight is 364 g/mol. The van der Waals surface area contributed by atoms with Gasteiger partial charge >= 0.3 is 0 Å². The summed E-state index contributed by atoms with van der Waals surface area (Å²) in [6, 6.07) is 11.7. The van der Waals surface area contributed by atoms with Crippen LogP contribution in [0.2, 0.25) is 0 Å². The first-order chi connectivity index (χ1) is 13.2. The average Bonchev–Trinajstić information content (AvgIpc) is 3.11.